The molecule has 0 unspecified atom stereocenters. The molecule has 4 nitrogen and oxygen atoms in total. The molecule has 0 heterocycles. The quantitative estimate of drug-likeness (QED) is 0.536. The van der Waals surface area contributed by atoms with Crippen LogP contribution in [-0.4, -0.2) is 19.0 Å². The molecule has 0 spiro atoms. The van der Waals surface area contributed by atoms with E-state index in [0.29, 0.717) is 5.69 Å². The molecule has 0 fully saturated rings. The highest BCUT2D eigenvalue weighted by molar-refractivity contribution is 5.65. The lowest BCUT2D eigenvalue weighted by Gasteiger charge is -2.14. The molecule has 0 amide bonds. The first-order chi connectivity index (χ1) is 6.43. The molecule has 0 N–H and O–H groups in total. The molecule has 1 rings (SSSR count). The number of rotatable bonds is 2. The Morgan fingerprint density at radius 3 is 2.14 bits per heavy atom. The molecular formula is C10H14N2O2. The molecule has 0 aliphatic carbocycles. The zero-order chi connectivity index (χ0) is 10.9. The molecule has 0 saturated heterocycles. The molecule has 4 heteroatoms. The summed E-state index contributed by atoms with van der Waals surface area (Å²) < 4.78 is 0. The Morgan fingerprint density at radius 2 is 1.71 bits per heavy atom. The molecule has 0 aromatic heterocycles. The van der Waals surface area contributed by atoms with Crippen LogP contribution in [-0.2, 0) is 0 Å². The zero-order valence-electron chi connectivity index (χ0n) is 8.87. The summed E-state index contributed by atoms with van der Waals surface area (Å²) in [6.45, 7) is 3.83. The number of aryl methyl sites for hydroxylation is 2. The average Bonchev–Trinajstić information content (AvgIpc) is 2.08. The molecule has 0 aliphatic rings. The van der Waals surface area contributed by atoms with Crippen LogP contribution in [0.2, 0.25) is 0 Å². The second kappa shape index (κ2) is 3.65. The summed E-state index contributed by atoms with van der Waals surface area (Å²) >= 11 is 0. The van der Waals surface area contributed by atoms with Crippen LogP contribution in [0.15, 0.2) is 12.1 Å². The minimum Gasteiger partial charge on any atom is -0.372 e. The maximum absolute atomic E-state index is 10.8. The summed E-state index contributed by atoms with van der Waals surface area (Å²) in [5.74, 6) is 0. The van der Waals surface area contributed by atoms with Crippen LogP contribution in [0, 0.1) is 24.0 Å². The standard InChI is InChI=1S/C10H14N2O2/c1-7-5-9(11(3)4)10(12(13)14)6-8(7)2/h5-6H,1-4H3. The third-order valence-electron chi connectivity index (χ3n) is 2.27. The lowest BCUT2D eigenvalue weighted by Crippen LogP contribution is -2.11. The lowest BCUT2D eigenvalue weighted by molar-refractivity contribution is -0.384. The number of nitro benzene ring substituents is 1. The van der Waals surface area contributed by atoms with E-state index in [-0.39, 0.29) is 10.6 Å². The van der Waals surface area contributed by atoms with E-state index in [1.54, 1.807) is 25.1 Å². The summed E-state index contributed by atoms with van der Waals surface area (Å²) in [5, 5.41) is 10.8. The van der Waals surface area contributed by atoms with Crippen molar-refractivity contribution in [2.75, 3.05) is 19.0 Å². The van der Waals surface area contributed by atoms with Crippen molar-refractivity contribution in [2.45, 2.75) is 13.8 Å². The Hall–Kier alpha value is -1.58. The predicted molar refractivity (Wildman–Crippen MR) is 56.9 cm³/mol. The Morgan fingerprint density at radius 1 is 1.21 bits per heavy atom. The van der Waals surface area contributed by atoms with Crippen LogP contribution in [0.1, 0.15) is 11.1 Å². The van der Waals surface area contributed by atoms with Crippen molar-refractivity contribution in [3.8, 4) is 0 Å². The van der Waals surface area contributed by atoms with Gasteiger partial charge in [-0.2, -0.15) is 0 Å². The topological polar surface area (TPSA) is 46.4 Å². The van der Waals surface area contributed by atoms with Crippen molar-refractivity contribution < 1.29 is 4.92 Å². The maximum atomic E-state index is 10.8. The SMILES string of the molecule is Cc1cc(N(C)C)c([N+](=O)[O-])cc1C. The fourth-order valence-electron chi connectivity index (χ4n) is 1.29. The molecule has 1 aromatic rings. The first-order valence-electron chi connectivity index (χ1n) is 4.36. The van der Waals surface area contributed by atoms with E-state index >= 15 is 0 Å². The van der Waals surface area contributed by atoms with E-state index in [0.717, 1.165) is 11.1 Å². The Kier molecular flexibility index (Phi) is 2.74. The molecule has 76 valence electrons. The Balaban J connectivity index is 3.39. The average molecular weight is 194 g/mol. The molecule has 0 bridgehead atoms. The number of anilines is 1. The predicted octanol–water partition coefficient (Wildman–Crippen LogP) is 2.28. The van der Waals surface area contributed by atoms with Crippen molar-refractivity contribution in [2.24, 2.45) is 0 Å². The molecule has 0 aliphatic heterocycles. The fraction of sp³-hybridized carbons (Fsp3) is 0.400. The van der Waals surface area contributed by atoms with Gasteiger partial charge in [0.15, 0.2) is 0 Å². The van der Waals surface area contributed by atoms with Crippen LogP contribution in [0.4, 0.5) is 11.4 Å². The molecule has 0 radical (unpaired) electrons. The van der Waals surface area contributed by atoms with Crippen molar-refractivity contribution in [3.63, 3.8) is 0 Å². The van der Waals surface area contributed by atoms with Gasteiger partial charge in [-0.1, -0.05) is 0 Å². The first kappa shape index (κ1) is 10.5. The second-order valence-corrected chi connectivity index (χ2v) is 3.58. The highest BCUT2D eigenvalue weighted by atomic mass is 16.6. The highest BCUT2D eigenvalue weighted by Gasteiger charge is 2.16. The van der Waals surface area contributed by atoms with E-state index in [4.69, 9.17) is 0 Å². The monoisotopic (exact) mass is 194 g/mol. The number of hydrogen-bond acceptors (Lipinski definition) is 3. The molecule has 0 saturated carbocycles. The van der Waals surface area contributed by atoms with Crippen LogP contribution in [0.3, 0.4) is 0 Å². The molecule has 0 atom stereocenters. The van der Waals surface area contributed by atoms with Crippen molar-refractivity contribution in [1.82, 2.24) is 0 Å². The maximum Gasteiger partial charge on any atom is 0.292 e. The van der Waals surface area contributed by atoms with E-state index in [1.807, 2.05) is 19.9 Å². The highest BCUT2D eigenvalue weighted by Crippen LogP contribution is 2.29. The van der Waals surface area contributed by atoms with Gasteiger partial charge in [-0.3, -0.25) is 10.1 Å². The summed E-state index contributed by atoms with van der Waals surface area (Å²) in [5.41, 5.74) is 2.83. The van der Waals surface area contributed by atoms with Gasteiger partial charge >= 0.3 is 0 Å². The van der Waals surface area contributed by atoms with Gasteiger partial charge < -0.3 is 4.90 Å². The minimum absolute atomic E-state index is 0.165. The number of nitro groups is 1. The van der Waals surface area contributed by atoms with Crippen molar-refractivity contribution in [1.29, 1.82) is 0 Å². The summed E-state index contributed by atoms with van der Waals surface area (Å²) in [6.07, 6.45) is 0. The fourth-order valence-corrected chi connectivity index (χ4v) is 1.29. The van der Waals surface area contributed by atoms with Crippen LogP contribution in [0.5, 0.6) is 0 Å². The summed E-state index contributed by atoms with van der Waals surface area (Å²) in [4.78, 5) is 12.2. The smallest absolute Gasteiger partial charge is 0.292 e. The van der Waals surface area contributed by atoms with Crippen molar-refractivity contribution >= 4 is 11.4 Å². The first-order valence-corrected chi connectivity index (χ1v) is 4.36. The Bertz CT molecular complexity index is 373. The van der Waals surface area contributed by atoms with Gasteiger partial charge in [-0.25, -0.2) is 0 Å². The zero-order valence-corrected chi connectivity index (χ0v) is 8.87. The number of benzene rings is 1. The third kappa shape index (κ3) is 1.84. The largest absolute Gasteiger partial charge is 0.372 e. The normalized spacial score (nSPS) is 10.0. The van der Waals surface area contributed by atoms with Crippen LogP contribution < -0.4 is 4.90 Å². The van der Waals surface area contributed by atoms with E-state index in [2.05, 4.69) is 0 Å². The van der Waals surface area contributed by atoms with Gasteiger partial charge in [-0.05, 0) is 31.0 Å². The molecule has 14 heavy (non-hydrogen) atoms. The Labute approximate surface area is 83.3 Å². The van der Waals surface area contributed by atoms with Gasteiger partial charge in [0.2, 0.25) is 0 Å². The summed E-state index contributed by atoms with van der Waals surface area (Å²) in [7, 11) is 3.61. The molecule has 1 aromatic carbocycles. The van der Waals surface area contributed by atoms with E-state index in [9.17, 15) is 10.1 Å². The van der Waals surface area contributed by atoms with Gasteiger partial charge in [-0.15, -0.1) is 0 Å². The number of nitrogens with zero attached hydrogens (tertiary/aromatic N) is 2. The third-order valence-corrected chi connectivity index (χ3v) is 2.27. The minimum atomic E-state index is -0.345. The molecular weight excluding hydrogens is 180 g/mol. The van der Waals surface area contributed by atoms with Crippen LogP contribution >= 0.6 is 0 Å². The van der Waals surface area contributed by atoms with Gasteiger partial charge in [0.25, 0.3) is 5.69 Å². The van der Waals surface area contributed by atoms with E-state index < -0.39 is 0 Å². The number of hydrogen-bond donors (Lipinski definition) is 0. The van der Waals surface area contributed by atoms with E-state index in [1.165, 1.54) is 0 Å². The van der Waals surface area contributed by atoms with Crippen molar-refractivity contribution in [3.05, 3.63) is 33.4 Å². The van der Waals surface area contributed by atoms with Gasteiger partial charge in [0, 0.05) is 20.2 Å². The lowest BCUT2D eigenvalue weighted by atomic mass is 10.1. The summed E-state index contributed by atoms with van der Waals surface area (Å²) in [6, 6.07) is 3.46. The van der Waals surface area contributed by atoms with Crippen LogP contribution in [0.25, 0.3) is 0 Å². The van der Waals surface area contributed by atoms with Gasteiger partial charge in [0.1, 0.15) is 5.69 Å². The second-order valence-electron chi connectivity index (χ2n) is 3.58. The van der Waals surface area contributed by atoms with Gasteiger partial charge in [0.05, 0.1) is 4.92 Å².